The van der Waals surface area contributed by atoms with Crippen molar-refractivity contribution >= 4 is 21.8 Å². The highest BCUT2D eigenvalue weighted by Gasteiger charge is 2.14. The van der Waals surface area contributed by atoms with E-state index in [1.54, 1.807) is 0 Å². The maximum Gasteiger partial charge on any atom is 0.129 e. The van der Waals surface area contributed by atoms with Gasteiger partial charge in [0.1, 0.15) is 25.1 Å². The largest absolute Gasteiger partial charge is 0.490 e. The number of fused-ring (bicyclic) bond motifs is 3. The minimum absolute atomic E-state index is 0.0982. The van der Waals surface area contributed by atoms with Crippen LogP contribution in [0.25, 0.3) is 21.8 Å². The van der Waals surface area contributed by atoms with E-state index in [2.05, 4.69) is 48.3 Å². The maximum atomic E-state index is 6.12. The number of ether oxygens (including phenoxy) is 2. The van der Waals surface area contributed by atoms with E-state index in [4.69, 9.17) is 15.9 Å². The molecule has 2 aromatic carbocycles. The van der Waals surface area contributed by atoms with E-state index in [-0.39, 0.29) is 12.7 Å². The minimum atomic E-state index is -0.0982. The zero-order valence-electron chi connectivity index (χ0n) is 14.7. The molecule has 0 fully saturated rings. The van der Waals surface area contributed by atoms with Crippen LogP contribution in [0.1, 0.15) is 13.8 Å². The summed E-state index contributed by atoms with van der Waals surface area (Å²) in [5.41, 5.74) is 2.18. The predicted molar refractivity (Wildman–Crippen MR) is 103 cm³/mol. The Balaban J connectivity index is 1.80. The molecule has 0 amide bonds. The highest BCUT2D eigenvalue weighted by molar-refractivity contribution is 6.10. The van der Waals surface area contributed by atoms with Gasteiger partial charge in [0, 0.05) is 28.9 Å². The topological polar surface area (TPSA) is 46.3 Å². The average Bonchev–Trinajstić information content (AvgIpc) is 3.00. The zero-order chi connectivity index (χ0) is 17.6. The number of nitrogens with one attached hydrogen (secondary N) is 2. The number of rotatable bonds is 8. The van der Waals surface area contributed by atoms with E-state index in [0.717, 1.165) is 27.6 Å². The summed E-state index contributed by atoms with van der Waals surface area (Å²) in [6.07, 6.45) is 5.22. The lowest BCUT2D eigenvalue weighted by molar-refractivity contribution is 0.0389. The first-order valence-corrected chi connectivity index (χ1v) is 8.59. The third kappa shape index (κ3) is 4.14. The van der Waals surface area contributed by atoms with Crippen molar-refractivity contribution in [3.05, 3.63) is 42.5 Å². The number of aromatic amines is 1. The first-order chi connectivity index (χ1) is 12.2. The third-order valence-corrected chi connectivity index (χ3v) is 4.07. The molecule has 130 valence electrons. The smallest absolute Gasteiger partial charge is 0.129 e. The third-order valence-electron chi connectivity index (χ3n) is 4.07. The molecule has 4 heteroatoms. The molecule has 4 nitrogen and oxygen atoms in total. The van der Waals surface area contributed by atoms with E-state index < -0.39 is 0 Å². The van der Waals surface area contributed by atoms with E-state index in [0.29, 0.717) is 19.2 Å². The molecule has 25 heavy (non-hydrogen) atoms. The predicted octanol–water partition coefficient (Wildman–Crippen LogP) is 3.72. The molecule has 0 saturated carbocycles. The molecule has 1 atom stereocenters. The van der Waals surface area contributed by atoms with Crippen LogP contribution >= 0.6 is 0 Å². The lowest BCUT2D eigenvalue weighted by atomic mass is 10.1. The van der Waals surface area contributed by atoms with Crippen molar-refractivity contribution in [2.24, 2.45) is 0 Å². The quantitative estimate of drug-likeness (QED) is 0.616. The summed E-state index contributed by atoms with van der Waals surface area (Å²) in [5.74, 6) is 3.38. The van der Waals surface area contributed by atoms with E-state index in [1.807, 2.05) is 24.3 Å². The van der Waals surface area contributed by atoms with Gasteiger partial charge in [-0.3, -0.25) is 0 Å². The van der Waals surface area contributed by atoms with Crippen molar-refractivity contribution in [2.75, 3.05) is 19.8 Å². The van der Waals surface area contributed by atoms with Crippen LogP contribution in [0.5, 0.6) is 5.75 Å². The second-order valence-corrected chi connectivity index (χ2v) is 6.36. The van der Waals surface area contributed by atoms with Gasteiger partial charge in [-0.2, -0.15) is 0 Å². The number of aromatic nitrogens is 1. The van der Waals surface area contributed by atoms with Gasteiger partial charge >= 0.3 is 0 Å². The van der Waals surface area contributed by atoms with Crippen molar-refractivity contribution in [2.45, 2.75) is 26.0 Å². The van der Waals surface area contributed by atoms with Gasteiger partial charge in [0.25, 0.3) is 0 Å². The molecule has 0 aliphatic rings. The van der Waals surface area contributed by atoms with Gasteiger partial charge in [-0.25, -0.2) is 0 Å². The van der Waals surface area contributed by atoms with E-state index in [9.17, 15) is 0 Å². The van der Waals surface area contributed by atoms with Crippen molar-refractivity contribution in [3.63, 3.8) is 0 Å². The number of para-hydroxylation sites is 1. The second-order valence-electron chi connectivity index (χ2n) is 6.36. The molecule has 1 aromatic heterocycles. The molecule has 0 spiro atoms. The summed E-state index contributed by atoms with van der Waals surface area (Å²) in [6.45, 7) is 5.63. The fraction of sp³-hybridized carbons (Fsp3) is 0.333. The van der Waals surface area contributed by atoms with Gasteiger partial charge in [0.05, 0.1) is 5.52 Å². The Morgan fingerprint density at radius 1 is 1.12 bits per heavy atom. The Hall–Kier alpha value is -2.48. The van der Waals surface area contributed by atoms with Crippen LogP contribution in [0.4, 0.5) is 0 Å². The number of H-pyrrole nitrogens is 1. The van der Waals surface area contributed by atoms with E-state index in [1.165, 1.54) is 0 Å². The highest BCUT2D eigenvalue weighted by Crippen LogP contribution is 2.32. The van der Waals surface area contributed by atoms with Crippen LogP contribution in [0.3, 0.4) is 0 Å². The Labute approximate surface area is 148 Å². The lowest BCUT2D eigenvalue weighted by Gasteiger charge is -2.20. The fourth-order valence-electron chi connectivity index (χ4n) is 2.87. The Morgan fingerprint density at radius 3 is 2.72 bits per heavy atom. The SMILES string of the molecule is C#CCOC(CNC(C)C)COc1cccc2[nH]c3ccccc3c12. The summed E-state index contributed by atoms with van der Waals surface area (Å²) in [6, 6.07) is 14.7. The van der Waals surface area contributed by atoms with Gasteiger partial charge in [0.15, 0.2) is 0 Å². The summed E-state index contributed by atoms with van der Waals surface area (Å²) in [5, 5.41) is 5.64. The summed E-state index contributed by atoms with van der Waals surface area (Å²) in [4.78, 5) is 3.43. The molecule has 0 radical (unpaired) electrons. The molecule has 2 N–H and O–H groups in total. The van der Waals surface area contributed by atoms with Crippen LogP contribution in [0.2, 0.25) is 0 Å². The van der Waals surface area contributed by atoms with Crippen LogP contribution in [0.15, 0.2) is 42.5 Å². The van der Waals surface area contributed by atoms with Crippen LogP contribution in [0, 0.1) is 12.3 Å². The lowest BCUT2D eigenvalue weighted by Crippen LogP contribution is -2.37. The minimum Gasteiger partial charge on any atom is -0.490 e. The standard InChI is InChI=1S/C21H24N2O2/c1-4-12-24-16(13-22-15(2)3)14-25-20-11-7-10-19-21(20)17-8-5-6-9-18(17)23-19/h1,5-11,15-16,22-23H,12-14H2,2-3H3. The molecule has 0 saturated heterocycles. The molecule has 3 aromatic rings. The summed E-state index contributed by atoms with van der Waals surface area (Å²) in [7, 11) is 0. The monoisotopic (exact) mass is 336 g/mol. The number of hydrogen-bond donors (Lipinski definition) is 2. The molecule has 3 rings (SSSR count). The number of hydrogen-bond acceptors (Lipinski definition) is 3. The first kappa shape index (κ1) is 17.3. The van der Waals surface area contributed by atoms with Gasteiger partial charge in [-0.1, -0.05) is 44.0 Å². The maximum absolute atomic E-state index is 6.12. The molecule has 1 heterocycles. The molecule has 0 aliphatic heterocycles. The Kier molecular flexibility index (Phi) is 5.60. The summed E-state index contributed by atoms with van der Waals surface area (Å²) < 4.78 is 11.8. The molecule has 0 aliphatic carbocycles. The van der Waals surface area contributed by atoms with Crippen LogP contribution in [-0.2, 0) is 4.74 Å². The van der Waals surface area contributed by atoms with Crippen molar-refractivity contribution in [3.8, 4) is 18.1 Å². The Bertz CT molecular complexity index is 876. The number of terminal acetylenes is 1. The number of benzene rings is 2. The molecular formula is C21H24N2O2. The van der Waals surface area contributed by atoms with Gasteiger partial charge in [-0.05, 0) is 18.2 Å². The van der Waals surface area contributed by atoms with Crippen molar-refractivity contribution < 1.29 is 9.47 Å². The van der Waals surface area contributed by atoms with Crippen LogP contribution < -0.4 is 10.1 Å². The van der Waals surface area contributed by atoms with Crippen LogP contribution in [-0.4, -0.2) is 36.9 Å². The van der Waals surface area contributed by atoms with Gasteiger partial charge in [0.2, 0.25) is 0 Å². The first-order valence-electron chi connectivity index (χ1n) is 8.59. The summed E-state index contributed by atoms with van der Waals surface area (Å²) >= 11 is 0. The average molecular weight is 336 g/mol. The molecular weight excluding hydrogens is 312 g/mol. The van der Waals surface area contributed by atoms with Gasteiger partial charge in [-0.15, -0.1) is 6.42 Å². The second kappa shape index (κ2) is 8.06. The Morgan fingerprint density at radius 2 is 1.92 bits per heavy atom. The molecule has 1 unspecified atom stereocenters. The van der Waals surface area contributed by atoms with Crippen molar-refractivity contribution in [1.82, 2.24) is 10.3 Å². The van der Waals surface area contributed by atoms with Crippen molar-refractivity contribution in [1.29, 1.82) is 0 Å². The highest BCUT2D eigenvalue weighted by atomic mass is 16.5. The fourth-order valence-corrected chi connectivity index (χ4v) is 2.87. The zero-order valence-corrected chi connectivity index (χ0v) is 14.7. The van der Waals surface area contributed by atoms with E-state index >= 15 is 0 Å². The molecule has 0 bridgehead atoms. The normalized spacial score (nSPS) is 12.6. The van der Waals surface area contributed by atoms with Gasteiger partial charge < -0.3 is 19.8 Å².